The number of aromatic amines is 1. The summed E-state index contributed by atoms with van der Waals surface area (Å²) in [5.74, 6) is 0.468. The maximum Gasteiger partial charge on any atom is 0.216 e. The molecule has 0 spiro atoms. The third-order valence-corrected chi connectivity index (χ3v) is 8.24. The lowest BCUT2D eigenvalue weighted by Crippen LogP contribution is -2.35. The number of fused-ring (bicyclic) bond motifs is 4. The van der Waals surface area contributed by atoms with E-state index in [1.807, 2.05) is 12.1 Å². The molecular formula is C26H28N4O3S. The summed E-state index contributed by atoms with van der Waals surface area (Å²) in [4.78, 5) is 17.8. The third kappa shape index (κ3) is 3.60. The van der Waals surface area contributed by atoms with Gasteiger partial charge in [0.25, 0.3) is 0 Å². The van der Waals surface area contributed by atoms with E-state index in [0.717, 1.165) is 48.1 Å². The fourth-order valence-electron chi connectivity index (χ4n) is 5.02. The van der Waals surface area contributed by atoms with Gasteiger partial charge in [-0.2, -0.15) is 5.26 Å². The average molecular weight is 477 g/mol. The second-order valence-corrected chi connectivity index (χ2v) is 11.3. The van der Waals surface area contributed by atoms with Gasteiger partial charge in [-0.05, 0) is 49.7 Å². The molecule has 1 aromatic heterocycles. The maximum absolute atomic E-state index is 13.8. The van der Waals surface area contributed by atoms with Crippen molar-refractivity contribution < 1.29 is 14.1 Å². The van der Waals surface area contributed by atoms with Crippen molar-refractivity contribution in [1.82, 2.24) is 14.6 Å². The van der Waals surface area contributed by atoms with Crippen LogP contribution in [0.5, 0.6) is 5.75 Å². The lowest BCUT2D eigenvalue weighted by Gasteiger charge is -2.34. The summed E-state index contributed by atoms with van der Waals surface area (Å²) in [6, 6.07) is 11.2. The van der Waals surface area contributed by atoms with E-state index < -0.39 is 16.8 Å². The van der Waals surface area contributed by atoms with Crippen molar-refractivity contribution in [2.45, 2.75) is 43.1 Å². The Morgan fingerprint density at radius 1 is 1.21 bits per heavy atom. The molecule has 1 unspecified atom stereocenters. The second kappa shape index (κ2) is 8.43. The smallest absolute Gasteiger partial charge is 0.216 e. The molecule has 2 aromatic carbocycles. The van der Waals surface area contributed by atoms with Gasteiger partial charge in [-0.3, -0.25) is 4.79 Å². The van der Waals surface area contributed by atoms with E-state index in [1.165, 1.54) is 0 Å². The summed E-state index contributed by atoms with van der Waals surface area (Å²) in [5, 5.41) is 13.4. The lowest BCUT2D eigenvalue weighted by atomic mass is 9.71. The fourth-order valence-corrected chi connectivity index (χ4v) is 5.92. The second-order valence-electron chi connectivity index (χ2n) is 9.67. The van der Waals surface area contributed by atoms with Crippen molar-refractivity contribution in [2.24, 2.45) is 0 Å². The molecule has 0 radical (unpaired) electrons. The zero-order valence-electron chi connectivity index (χ0n) is 19.8. The van der Waals surface area contributed by atoms with Gasteiger partial charge in [-0.1, -0.05) is 19.9 Å². The van der Waals surface area contributed by atoms with E-state index in [-0.39, 0.29) is 11.9 Å². The first kappa shape index (κ1) is 22.9. The minimum absolute atomic E-state index is 0.0349. The van der Waals surface area contributed by atoms with Crippen LogP contribution in [0.2, 0.25) is 0 Å². The molecule has 3 aromatic rings. The van der Waals surface area contributed by atoms with Gasteiger partial charge in [-0.25, -0.2) is 0 Å². The van der Waals surface area contributed by atoms with E-state index in [9.17, 15) is 14.6 Å². The van der Waals surface area contributed by atoms with Gasteiger partial charge in [0.05, 0.1) is 28.6 Å². The molecule has 1 atom stereocenters. The molecule has 2 N–H and O–H groups in total. The number of hydrogen-bond donors (Lipinski definition) is 2. The van der Waals surface area contributed by atoms with Crippen molar-refractivity contribution in [1.29, 1.82) is 5.26 Å². The number of aromatic nitrogens is 1. The summed E-state index contributed by atoms with van der Waals surface area (Å²) < 4.78 is 21.3. The normalized spacial score (nSPS) is 18.4. The Balaban J connectivity index is 1.69. The molecule has 0 bridgehead atoms. The van der Waals surface area contributed by atoms with E-state index in [0.29, 0.717) is 27.3 Å². The molecule has 0 saturated carbocycles. The molecular weight excluding hydrogens is 448 g/mol. The molecule has 2 heterocycles. The van der Waals surface area contributed by atoms with Crippen LogP contribution >= 0.6 is 0 Å². The predicted molar refractivity (Wildman–Crippen MR) is 132 cm³/mol. The topological polar surface area (TPSA) is 104 Å². The highest BCUT2D eigenvalue weighted by molar-refractivity contribution is 7.89. The first-order chi connectivity index (χ1) is 16.2. The molecule has 1 fully saturated rings. The summed E-state index contributed by atoms with van der Waals surface area (Å²) >= 11 is -1.47. The van der Waals surface area contributed by atoms with Gasteiger partial charge in [0.15, 0.2) is 11.5 Å². The molecule has 176 valence electrons. The number of nitriles is 1. The Hall–Kier alpha value is -2.83. The maximum atomic E-state index is 13.8. The van der Waals surface area contributed by atoms with Gasteiger partial charge >= 0.3 is 0 Å². The number of carbonyl (C=O) groups is 1. The highest BCUT2D eigenvalue weighted by Gasteiger charge is 2.42. The minimum atomic E-state index is -1.47. The van der Waals surface area contributed by atoms with Crippen LogP contribution < -0.4 is 10.1 Å². The van der Waals surface area contributed by atoms with E-state index >= 15 is 0 Å². The van der Waals surface area contributed by atoms with Crippen LogP contribution in [0.25, 0.3) is 10.9 Å². The van der Waals surface area contributed by atoms with E-state index in [1.54, 1.807) is 36.6 Å². The van der Waals surface area contributed by atoms with Gasteiger partial charge in [-0.15, -0.1) is 4.31 Å². The highest BCUT2D eigenvalue weighted by atomic mass is 32.2. The predicted octanol–water partition coefficient (Wildman–Crippen LogP) is 3.62. The zero-order valence-corrected chi connectivity index (χ0v) is 20.6. The van der Waals surface area contributed by atoms with Gasteiger partial charge in [0, 0.05) is 47.7 Å². The summed E-state index contributed by atoms with van der Waals surface area (Å²) in [7, 11) is 3.50. The number of ketones is 1. The molecule has 1 saturated heterocycles. The number of benzene rings is 2. The molecule has 5 rings (SSSR count). The minimum Gasteiger partial charge on any atom is -0.593 e. The Bertz CT molecular complexity index is 1330. The number of piperidine rings is 1. The van der Waals surface area contributed by atoms with Gasteiger partial charge in [0.2, 0.25) is 4.90 Å². The van der Waals surface area contributed by atoms with E-state index in [4.69, 9.17) is 4.74 Å². The zero-order chi connectivity index (χ0) is 24.2. The van der Waals surface area contributed by atoms with Crippen molar-refractivity contribution in [3.05, 3.63) is 58.3 Å². The molecule has 0 amide bonds. The average Bonchev–Trinajstić information content (AvgIpc) is 3.22. The van der Waals surface area contributed by atoms with Crippen LogP contribution in [0, 0.1) is 11.3 Å². The van der Waals surface area contributed by atoms with Crippen LogP contribution in [0.4, 0.5) is 0 Å². The first-order valence-corrected chi connectivity index (χ1v) is 12.6. The first-order valence-electron chi connectivity index (χ1n) is 11.5. The van der Waals surface area contributed by atoms with Crippen LogP contribution in [0.1, 0.15) is 59.4 Å². The Kier molecular flexibility index (Phi) is 5.69. The number of carbonyl (C=O) groups excluding carboxylic acids is 1. The standard InChI is InChI=1S/C26H28N4O3S/c1-26(2)19-13-21(33-16-7-9-28-10-8-16)22(34(32)30(3)4)12-18(19)24(31)23-17-6-5-15(14-27)11-20(17)29-25(23)26/h5-6,11-13,16,28-29H,7-10H2,1-4H3. The number of hydrogen-bond acceptors (Lipinski definition) is 6. The van der Waals surface area contributed by atoms with Crippen molar-refractivity contribution >= 4 is 28.0 Å². The molecule has 34 heavy (non-hydrogen) atoms. The monoisotopic (exact) mass is 476 g/mol. The number of rotatable bonds is 4. The number of nitrogens with zero attached hydrogens (tertiary/aromatic N) is 2. The molecule has 1 aliphatic carbocycles. The summed E-state index contributed by atoms with van der Waals surface area (Å²) in [5.41, 5.74) is 3.62. The molecule has 8 heteroatoms. The summed E-state index contributed by atoms with van der Waals surface area (Å²) in [6.45, 7) is 5.92. The van der Waals surface area contributed by atoms with Crippen LogP contribution in [-0.2, 0) is 16.8 Å². The molecule has 1 aliphatic heterocycles. The van der Waals surface area contributed by atoms with Crippen LogP contribution in [0.3, 0.4) is 0 Å². The molecule has 7 nitrogen and oxygen atoms in total. The third-order valence-electron chi connectivity index (χ3n) is 6.88. The number of ether oxygens (including phenoxy) is 1. The Labute approximate surface area is 202 Å². The molecule has 2 aliphatic rings. The largest absolute Gasteiger partial charge is 0.593 e. The van der Waals surface area contributed by atoms with Crippen molar-refractivity contribution in [2.75, 3.05) is 27.2 Å². The summed E-state index contributed by atoms with van der Waals surface area (Å²) in [6.07, 6.45) is 1.79. The van der Waals surface area contributed by atoms with Crippen molar-refractivity contribution in [3.8, 4) is 11.8 Å². The van der Waals surface area contributed by atoms with Gasteiger partial charge in [0.1, 0.15) is 6.10 Å². The Morgan fingerprint density at radius 2 is 1.94 bits per heavy atom. The fraction of sp³-hybridized carbons (Fsp3) is 0.385. The van der Waals surface area contributed by atoms with Crippen LogP contribution in [-0.4, -0.2) is 52.9 Å². The van der Waals surface area contributed by atoms with Crippen LogP contribution in [0.15, 0.2) is 35.2 Å². The lowest BCUT2D eigenvalue weighted by molar-refractivity contribution is 0.103. The van der Waals surface area contributed by atoms with Crippen molar-refractivity contribution in [3.63, 3.8) is 0 Å². The van der Waals surface area contributed by atoms with Gasteiger partial charge < -0.3 is 19.6 Å². The SMILES string of the molecule is CN(C)[S+]([O-])c1cc2c(cc1OC1CCNCC1)C(C)(C)c1[nH]c3cc(C#N)ccc3c1C2=O. The Morgan fingerprint density at radius 3 is 2.62 bits per heavy atom. The number of nitrogens with one attached hydrogen (secondary N) is 2. The highest BCUT2D eigenvalue weighted by Crippen LogP contribution is 2.46. The van der Waals surface area contributed by atoms with E-state index in [2.05, 4.69) is 30.2 Å². The number of H-pyrrole nitrogens is 1. The quantitative estimate of drug-likeness (QED) is 0.558.